The van der Waals surface area contributed by atoms with Gasteiger partial charge in [0.2, 0.25) is 0 Å². The molecule has 0 aromatic carbocycles. The van der Waals surface area contributed by atoms with Crippen LogP contribution < -0.4 is 16.0 Å². The van der Waals surface area contributed by atoms with Gasteiger partial charge in [0.05, 0.1) is 0 Å². The molecule has 3 nitrogen and oxygen atoms in total. The highest BCUT2D eigenvalue weighted by atomic mass is 15.0. The van der Waals surface area contributed by atoms with E-state index in [0.717, 1.165) is 38.0 Å². The van der Waals surface area contributed by atoms with Gasteiger partial charge in [0, 0.05) is 38.3 Å². The zero-order valence-electron chi connectivity index (χ0n) is 16.9. The minimum Gasteiger partial charge on any atom is -0.314 e. The van der Waals surface area contributed by atoms with Crippen LogP contribution >= 0.6 is 0 Å². The predicted molar refractivity (Wildman–Crippen MR) is 105 cm³/mol. The molecule has 0 amide bonds. The summed E-state index contributed by atoms with van der Waals surface area (Å²) in [7, 11) is 0. The van der Waals surface area contributed by atoms with Crippen molar-refractivity contribution in [2.24, 2.45) is 11.8 Å². The number of rotatable bonds is 16. The fraction of sp³-hybridized carbons (Fsp3) is 1.00. The molecular weight excluding hydrogens is 282 g/mol. The van der Waals surface area contributed by atoms with E-state index in [9.17, 15) is 0 Å². The Morgan fingerprint density at radius 3 is 1.26 bits per heavy atom. The first-order valence-electron chi connectivity index (χ1n) is 10.2. The van der Waals surface area contributed by atoms with Crippen molar-refractivity contribution in [3.8, 4) is 0 Å². The zero-order valence-corrected chi connectivity index (χ0v) is 16.9. The van der Waals surface area contributed by atoms with Crippen LogP contribution in [-0.4, -0.2) is 38.3 Å². The quantitative estimate of drug-likeness (QED) is 0.372. The highest BCUT2D eigenvalue weighted by Gasteiger charge is 2.10. The van der Waals surface area contributed by atoms with Gasteiger partial charge < -0.3 is 16.0 Å². The van der Waals surface area contributed by atoms with E-state index >= 15 is 0 Å². The summed E-state index contributed by atoms with van der Waals surface area (Å²) < 4.78 is 0. The van der Waals surface area contributed by atoms with Gasteiger partial charge in [-0.25, -0.2) is 0 Å². The van der Waals surface area contributed by atoms with Crippen molar-refractivity contribution < 1.29 is 0 Å². The fourth-order valence-corrected chi connectivity index (χ4v) is 2.95. The van der Waals surface area contributed by atoms with E-state index in [1.807, 2.05) is 0 Å². The van der Waals surface area contributed by atoms with Gasteiger partial charge in [0.1, 0.15) is 0 Å². The first-order valence-corrected chi connectivity index (χ1v) is 10.2. The largest absolute Gasteiger partial charge is 0.314 e. The summed E-state index contributed by atoms with van der Waals surface area (Å²) in [4.78, 5) is 0. The van der Waals surface area contributed by atoms with Crippen molar-refractivity contribution in [1.29, 1.82) is 0 Å². The number of hydrogen-bond acceptors (Lipinski definition) is 3. The molecule has 0 rings (SSSR count). The molecule has 3 heteroatoms. The molecule has 23 heavy (non-hydrogen) atoms. The lowest BCUT2D eigenvalue weighted by Gasteiger charge is -2.21. The van der Waals surface area contributed by atoms with E-state index in [-0.39, 0.29) is 0 Å². The van der Waals surface area contributed by atoms with Gasteiger partial charge in [-0.1, -0.05) is 54.4 Å². The van der Waals surface area contributed by atoms with Crippen LogP contribution in [0.25, 0.3) is 0 Å². The Morgan fingerprint density at radius 2 is 0.957 bits per heavy atom. The van der Waals surface area contributed by atoms with Gasteiger partial charge in [-0.3, -0.25) is 0 Å². The molecule has 0 aliphatic rings. The normalized spacial score (nSPS) is 17.0. The van der Waals surface area contributed by atoms with Crippen molar-refractivity contribution >= 4 is 0 Å². The van der Waals surface area contributed by atoms with Crippen molar-refractivity contribution in [3.05, 3.63) is 0 Å². The van der Waals surface area contributed by atoms with E-state index in [2.05, 4.69) is 57.5 Å². The molecule has 0 saturated heterocycles. The van der Waals surface area contributed by atoms with Crippen LogP contribution in [0.2, 0.25) is 0 Å². The van der Waals surface area contributed by atoms with Crippen molar-refractivity contribution in [2.45, 2.75) is 92.2 Å². The van der Waals surface area contributed by atoms with Gasteiger partial charge >= 0.3 is 0 Å². The maximum absolute atomic E-state index is 3.70. The van der Waals surface area contributed by atoms with E-state index < -0.39 is 0 Å². The second kappa shape index (κ2) is 15.4. The molecule has 0 aliphatic heterocycles. The van der Waals surface area contributed by atoms with Gasteiger partial charge in [-0.05, 0) is 37.5 Å². The maximum atomic E-state index is 3.70. The molecule has 0 aliphatic carbocycles. The third-order valence-electron chi connectivity index (χ3n) is 5.22. The fourth-order valence-electron chi connectivity index (χ4n) is 2.95. The first kappa shape index (κ1) is 22.9. The minimum absolute atomic E-state index is 0.685. The molecule has 0 heterocycles. The van der Waals surface area contributed by atoms with Crippen LogP contribution in [-0.2, 0) is 0 Å². The van der Waals surface area contributed by atoms with Crippen molar-refractivity contribution in [1.82, 2.24) is 16.0 Å². The molecule has 0 aromatic heterocycles. The van der Waals surface area contributed by atoms with E-state index in [4.69, 9.17) is 0 Å². The van der Waals surface area contributed by atoms with Crippen LogP contribution in [0.5, 0.6) is 0 Å². The molecule has 0 bridgehead atoms. The second-order valence-corrected chi connectivity index (χ2v) is 7.37. The van der Waals surface area contributed by atoms with Crippen LogP contribution in [0, 0.1) is 11.8 Å². The molecule has 0 spiro atoms. The third-order valence-corrected chi connectivity index (χ3v) is 5.22. The SMILES string of the molecule is CCC(C)CC(CC)NCCNCCNC(CC)CC(C)CC. The zero-order chi connectivity index (χ0) is 17.5. The van der Waals surface area contributed by atoms with Crippen molar-refractivity contribution in [3.63, 3.8) is 0 Å². The summed E-state index contributed by atoms with van der Waals surface area (Å²) in [5, 5.41) is 10.9. The summed E-state index contributed by atoms with van der Waals surface area (Å²) in [6.07, 6.45) is 7.67. The topological polar surface area (TPSA) is 36.1 Å². The van der Waals surface area contributed by atoms with Crippen molar-refractivity contribution in [2.75, 3.05) is 26.2 Å². The molecule has 4 unspecified atom stereocenters. The standard InChI is InChI=1S/C20H45N3/c1-7-17(5)15-19(9-3)22-13-11-21-12-14-23-20(10-4)16-18(6)8-2/h17-23H,7-16H2,1-6H3. The molecule has 3 N–H and O–H groups in total. The third kappa shape index (κ3) is 12.9. The lowest BCUT2D eigenvalue weighted by atomic mass is 9.98. The Bertz CT molecular complexity index is 221. The summed E-state index contributed by atoms with van der Waals surface area (Å²) in [5.41, 5.74) is 0. The van der Waals surface area contributed by atoms with Gasteiger partial charge in [-0.15, -0.1) is 0 Å². The number of nitrogens with one attached hydrogen (secondary N) is 3. The van der Waals surface area contributed by atoms with Gasteiger partial charge in [0.25, 0.3) is 0 Å². The first-order chi connectivity index (χ1) is 11.1. The van der Waals surface area contributed by atoms with E-state index in [1.54, 1.807) is 0 Å². The highest BCUT2D eigenvalue weighted by molar-refractivity contribution is 4.70. The van der Waals surface area contributed by atoms with E-state index in [1.165, 1.54) is 38.5 Å². The highest BCUT2D eigenvalue weighted by Crippen LogP contribution is 2.12. The second-order valence-electron chi connectivity index (χ2n) is 7.37. The predicted octanol–water partition coefficient (Wildman–Crippen LogP) is 4.18. The van der Waals surface area contributed by atoms with E-state index in [0.29, 0.717) is 12.1 Å². The summed E-state index contributed by atoms with van der Waals surface area (Å²) in [5.74, 6) is 1.67. The minimum atomic E-state index is 0.685. The molecule has 0 fully saturated rings. The Labute approximate surface area is 146 Å². The summed E-state index contributed by atoms with van der Waals surface area (Å²) >= 11 is 0. The monoisotopic (exact) mass is 327 g/mol. The maximum Gasteiger partial charge on any atom is 0.00793 e. The Morgan fingerprint density at radius 1 is 0.565 bits per heavy atom. The molecule has 0 aromatic rings. The Hall–Kier alpha value is -0.120. The van der Waals surface area contributed by atoms with Crippen LogP contribution in [0.1, 0.15) is 80.1 Å². The molecular formula is C20H45N3. The molecule has 0 saturated carbocycles. The van der Waals surface area contributed by atoms with Gasteiger partial charge in [0.15, 0.2) is 0 Å². The lowest BCUT2D eigenvalue weighted by Crippen LogP contribution is -2.39. The molecule has 4 atom stereocenters. The average molecular weight is 328 g/mol. The Balaban J connectivity index is 3.60. The molecule has 140 valence electrons. The van der Waals surface area contributed by atoms with Crippen LogP contribution in [0.3, 0.4) is 0 Å². The van der Waals surface area contributed by atoms with Crippen LogP contribution in [0.4, 0.5) is 0 Å². The summed E-state index contributed by atoms with van der Waals surface area (Å²) in [6, 6.07) is 1.37. The average Bonchev–Trinajstić information content (AvgIpc) is 2.57. The van der Waals surface area contributed by atoms with Crippen LogP contribution in [0.15, 0.2) is 0 Å². The summed E-state index contributed by atoms with van der Waals surface area (Å²) in [6.45, 7) is 18.2. The number of hydrogen-bond donors (Lipinski definition) is 3. The smallest absolute Gasteiger partial charge is 0.00793 e. The molecule has 0 radical (unpaired) electrons. The lowest BCUT2D eigenvalue weighted by molar-refractivity contribution is 0.376. The Kier molecular flexibility index (Phi) is 15.3. The van der Waals surface area contributed by atoms with Gasteiger partial charge in [-0.2, -0.15) is 0 Å².